The molecule has 0 aliphatic heterocycles. The second kappa shape index (κ2) is 8.15. The summed E-state index contributed by atoms with van der Waals surface area (Å²) in [5, 5.41) is 4.57. The van der Waals surface area contributed by atoms with E-state index in [1.165, 1.54) is 5.56 Å². The lowest BCUT2D eigenvalue weighted by Gasteiger charge is -2.14. The highest BCUT2D eigenvalue weighted by molar-refractivity contribution is 6.30. The van der Waals surface area contributed by atoms with Crippen molar-refractivity contribution < 1.29 is 9.32 Å². The normalized spacial score (nSPS) is 10.7. The summed E-state index contributed by atoms with van der Waals surface area (Å²) >= 11 is 5.98. The molecule has 1 aromatic heterocycles. The molecule has 0 radical (unpaired) electrons. The Morgan fingerprint density at radius 3 is 2.58 bits per heavy atom. The van der Waals surface area contributed by atoms with E-state index in [-0.39, 0.29) is 12.5 Å². The average molecular weight is 370 g/mol. The van der Waals surface area contributed by atoms with E-state index in [4.69, 9.17) is 16.1 Å². The van der Waals surface area contributed by atoms with Gasteiger partial charge >= 0.3 is 0 Å². The third-order valence-electron chi connectivity index (χ3n) is 4.14. The second-order valence-corrected chi connectivity index (χ2v) is 6.56. The summed E-state index contributed by atoms with van der Waals surface area (Å²) in [7, 11) is 1.73. The molecule has 2 aromatic carbocycles. The molecule has 0 spiro atoms. The SMILES string of the molecule is CCc1ccc(CC(=O)N(C)Cc2nc(-c3cccc(Cl)c3)no2)cc1. The lowest BCUT2D eigenvalue weighted by molar-refractivity contribution is -0.130. The molecule has 0 unspecified atom stereocenters. The van der Waals surface area contributed by atoms with Gasteiger partial charge in [-0.15, -0.1) is 0 Å². The first kappa shape index (κ1) is 18.1. The van der Waals surface area contributed by atoms with Crippen molar-refractivity contribution >= 4 is 17.5 Å². The third kappa shape index (κ3) is 4.49. The molecule has 1 amide bonds. The average Bonchev–Trinajstić information content (AvgIpc) is 3.11. The number of rotatable bonds is 6. The van der Waals surface area contributed by atoms with Gasteiger partial charge in [0.1, 0.15) is 0 Å². The van der Waals surface area contributed by atoms with Crippen LogP contribution in [-0.2, 0) is 24.2 Å². The molecule has 0 N–H and O–H groups in total. The second-order valence-electron chi connectivity index (χ2n) is 6.12. The van der Waals surface area contributed by atoms with Gasteiger partial charge in [0.05, 0.1) is 13.0 Å². The van der Waals surface area contributed by atoms with Gasteiger partial charge in [0.15, 0.2) is 0 Å². The van der Waals surface area contributed by atoms with Crippen LogP contribution in [0.5, 0.6) is 0 Å². The van der Waals surface area contributed by atoms with E-state index in [1.54, 1.807) is 24.1 Å². The number of aromatic nitrogens is 2. The van der Waals surface area contributed by atoms with Crippen molar-refractivity contribution in [3.05, 3.63) is 70.6 Å². The predicted octanol–water partition coefficient (Wildman–Crippen LogP) is 4.15. The van der Waals surface area contributed by atoms with Gasteiger partial charge < -0.3 is 9.42 Å². The number of carbonyl (C=O) groups is 1. The molecule has 26 heavy (non-hydrogen) atoms. The van der Waals surface area contributed by atoms with Crippen molar-refractivity contribution in [2.24, 2.45) is 0 Å². The molecule has 1 heterocycles. The summed E-state index contributed by atoms with van der Waals surface area (Å²) in [5.41, 5.74) is 3.02. The maximum absolute atomic E-state index is 12.4. The highest BCUT2D eigenvalue weighted by atomic mass is 35.5. The molecule has 5 nitrogen and oxygen atoms in total. The monoisotopic (exact) mass is 369 g/mol. The van der Waals surface area contributed by atoms with E-state index in [2.05, 4.69) is 29.2 Å². The molecule has 3 aromatic rings. The number of aryl methyl sites for hydroxylation is 1. The summed E-state index contributed by atoms with van der Waals surface area (Å²) in [6.07, 6.45) is 1.33. The first-order valence-electron chi connectivity index (χ1n) is 8.45. The number of amides is 1. The number of likely N-dealkylation sites (N-methyl/N-ethyl adjacent to an activating group) is 1. The fraction of sp³-hybridized carbons (Fsp3) is 0.250. The Hall–Kier alpha value is -2.66. The fourth-order valence-corrected chi connectivity index (χ4v) is 2.75. The Morgan fingerprint density at radius 1 is 1.15 bits per heavy atom. The van der Waals surface area contributed by atoms with Crippen molar-refractivity contribution in [3.8, 4) is 11.4 Å². The van der Waals surface area contributed by atoms with Gasteiger partial charge in [-0.2, -0.15) is 4.98 Å². The molecule has 0 aliphatic rings. The number of nitrogens with zero attached hydrogens (tertiary/aromatic N) is 3. The van der Waals surface area contributed by atoms with Gasteiger partial charge in [-0.3, -0.25) is 4.79 Å². The zero-order chi connectivity index (χ0) is 18.5. The van der Waals surface area contributed by atoms with Gasteiger partial charge in [0.25, 0.3) is 0 Å². The first-order valence-corrected chi connectivity index (χ1v) is 8.83. The number of hydrogen-bond acceptors (Lipinski definition) is 4. The summed E-state index contributed by atoms with van der Waals surface area (Å²) in [4.78, 5) is 18.3. The van der Waals surface area contributed by atoms with Crippen LogP contribution in [0.1, 0.15) is 23.9 Å². The van der Waals surface area contributed by atoms with Gasteiger partial charge in [0, 0.05) is 17.6 Å². The van der Waals surface area contributed by atoms with E-state index >= 15 is 0 Å². The van der Waals surface area contributed by atoms with Gasteiger partial charge in [0.2, 0.25) is 17.6 Å². The highest BCUT2D eigenvalue weighted by Gasteiger charge is 2.15. The number of carbonyl (C=O) groups excluding carboxylic acids is 1. The van der Waals surface area contributed by atoms with Crippen molar-refractivity contribution in [3.63, 3.8) is 0 Å². The van der Waals surface area contributed by atoms with Crippen LogP contribution < -0.4 is 0 Å². The number of halogens is 1. The van der Waals surface area contributed by atoms with E-state index < -0.39 is 0 Å². The molecule has 0 saturated carbocycles. The largest absolute Gasteiger partial charge is 0.337 e. The zero-order valence-corrected chi connectivity index (χ0v) is 15.5. The molecule has 6 heteroatoms. The molecule has 0 atom stereocenters. The molecular weight excluding hydrogens is 350 g/mol. The Kier molecular flexibility index (Phi) is 5.68. The van der Waals surface area contributed by atoms with Crippen molar-refractivity contribution in [2.45, 2.75) is 26.3 Å². The van der Waals surface area contributed by atoms with Crippen molar-refractivity contribution in [2.75, 3.05) is 7.05 Å². The lowest BCUT2D eigenvalue weighted by atomic mass is 10.1. The van der Waals surface area contributed by atoms with E-state index in [0.717, 1.165) is 17.5 Å². The molecule has 0 bridgehead atoms. The Balaban J connectivity index is 1.62. The first-order chi connectivity index (χ1) is 12.5. The number of benzene rings is 2. The fourth-order valence-electron chi connectivity index (χ4n) is 2.56. The maximum atomic E-state index is 12.4. The van der Waals surface area contributed by atoms with Crippen LogP contribution in [0.3, 0.4) is 0 Å². The summed E-state index contributed by atoms with van der Waals surface area (Å²) in [5.74, 6) is 0.840. The third-order valence-corrected chi connectivity index (χ3v) is 4.37. The molecule has 134 valence electrons. The zero-order valence-electron chi connectivity index (χ0n) is 14.8. The van der Waals surface area contributed by atoms with E-state index in [9.17, 15) is 4.79 Å². The molecule has 3 rings (SSSR count). The molecule has 0 fully saturated rings. The van der Waals surface area contributed by atoms with E-state index in [1.807, 2.05) is 24.3 Å². The summed E-state index contributed by atoms with van der Waals surface area (Å²) in [6, 6.07) is 15.3. The van der Waals surface area contributed by atoms with Crippen molar-refractivity contribution in [1.29, 1.82) is 0 Å². The smallest absolute Gasteiger partial charge is 0.246 e. The van der Waals surface area contributed by atoms with Crippen LogP contribution in [0, 0.1) is 0 Å². The van der Waals surface area contributed by atoms with Gasteiger partial charge in [-0.05, 0) is 29.7 Å². The van der Waals surface area contributed by atoms with Crippen LogP contribution in [0.15, 0.2) is 53.1 Å². The summed E-state index contributed by atoms with van der Waals surface area (Å²) < 4.78 is 5.26. The van der Waals surface area contributed by atoms with Crippen LogP contribution in [0.4, 0.5) is 0 Å². The van der Waals surface area contributed by atoms with Crippen LogP contribution in [0.2, 0.25) is 5.02 Å². The van der Waals surface area contributed by atoms with E-state index in [0.29, 0.717) is 23.2 Å². The Morgan fingerprint density at radius 2 is 1.88 bits per heavy atom. The Bertz CT molecular complexity index is 890. The van der Waals surface area contributed by atoms with Gasteiger partial charge in [-0.1, -0.05) is 60.1 Å². The predicted molar refractivity (Wildman–Crippen MR) is 101 cm³/mol. The minimum Gasteiger partial charge on any atom is -0.337 e. The molecule has 0 aliphatic carbocycles. The Labute approximate surface area is 157 Å². The van der Waals surface area contributed by atoms with Crippen LogP contribution in [0.25, 0.3) is 11.4 Å². The van der Waals surface area contributed by atoms with Crippen LogP contribution >= 0.6 is 11.6 Å². The van der Waals surface area contributed by atoms with Gasteiger partial charge in [-0.25, -0.2) is 0 Å². The summed E-state index contributed by atoms with van der Waals surface area (Å²) in [6.45, 7) is 2.37. The number of hydrogen-bond donors (Lipinski definition) is 0. The minimum absolute atomic E-state index is 0.00301. The minimum atomic E-state index is -0.00301. The highest BCUT2D eigenvalue weighted by Crippen LogP contribution is 2.20. The lowest BCUT2D eigenvalue weighted by Crippen LogP contribution is -2.27. The quantitative estimate of drug-likeness (QED) is 0.654. The standard InChI is InChI=1S/C20H20ClN3O2/c1-3-14-7-9-15(10-8-14)11-19(25)24(2)13-18-22-20(23-26-18)16-5-4-6-17(21)12-16/h4-10,12H,3,11,13H2,1-2H3. The molecular formula is C20H20ClN3O2. The maximum Gasteiger partial charge on any atom is 0.246 e. The molecule has 0 saturated heterocycles. The van der Waals surface area contributed by atoms with Crippen molar-refractivity contribution in [1.82, 2.24) is 15.0 Å². The topological polar surface area (TPSA) is 59.2 Å². The van der Waals surface area contributed by atoms with Crippen LogP contribution in [-0.4, -0.2) is 28.0 Å².